The van der Waals surface area contributed by atoms with Crippen LogP contribution in [0.2, 0.25) is 10.5 Å². The van der Waals surface area contributed by atoms with Crippen molar-refractivity contribution in [3.05, 3.63) is 51.4 Å². The van der Waals surface area contributed by atoms with Crippen molar-refractivity contribution in [2.45, 2.75) is 82.1 Å². The molecule has 5 heteroatoms. The first-order chi connectivity index (χ1) is 12.3. The number of halogens is 2. The van der Waals surface area contributed by atoms with E-state index in [4.69, 9.17) is 3.32 Å². The van der Waals surface area contributed by atoms with Gasteiger partial charge in [-0.1, -0.05) is 0 Å². The summed E-state index contributed by atoms with van der Waals surface area (Å²) in [6, 6.07) is 7.13. The van der Waals surface area contributed by atoms with E-state index in [9.17, 15) is 0 Å². The minimum absolute atomic E-state index is 0. The molecule has 28 heavy (non-hydrogen) atoms. The van der Waals surface area contributed by atoms with E-state index < -0.39 is 14.9 Å². The first kappa shape index (κ1) is 28.0. The largest absolute Gasteiger partial charge is 0.147 e. The number of rotatable bonds is 11. The van der Waals surface area contributed by atoms with Crippen molar-refractivity contribution in [1.82, 2.24) is 0 Å². The van der Waals surface area contributed by atoms with Crippen LogP contribution in [-0.4, -0.2) is 8.11 Å². The molecule has 0 amide bonds. The fourth-order valence-corrected chi connectivity index (χ4v) is 10.3. The van der Waals surface area contributed by atoms with Gasteiger partial charge in [0.2, 0.25) is 0 Å². The van der Waals surface area contributed by atoms with Crippen molar-refractivity contribution in [1.29, 1.82) is 0 Å². The molecule has 0 bridgehead atoms. The van der Waals surface area contributed by atoms with Crippen molar-refractivity contribution in [2.75, 3.05) is 0 Å². The van der Waals surface area contributed by atoms with Gasteiger partial charge in [0.25, 0.3) is 0 Å². The van der Waals surface area contributed by atoms with Crippen LogP contribution in [0.15, 0.2) is 40.3 Å². The Labute approximate surface area is 189 Å². The van der Waals surface area contributed by atoms with Crippen LogP contribution in [0.25, 0.3) is 0 Å². The van der Waals surface area contributed by atoms with Gasteiger partial charge in [-0.3, -0.25) is 0 Å². The molecular weight excluding hydrogens is 439 g/mol. The van der Waals surface area contributed by atoms with Crippen LogP contribution in [0.4, 0.5) is 0 Å². The first-order valence-electron chi connectivity index (χ1n) is 10.7. The fourth-order valence-electron chi connectivity index (χ4n) is 3.79. The SMILES string of the molecule is CCCCCc1cc(CCCCC)cc([O][Ti]([CH3])([CH3])([SiH3])[C]2=CC=CC2)c1.Cl.Cl. The third-order valence-electron chi connectivity index (χ3n) is 5.50. The smallest absolute Gasteiger partial charge is 0.147 e. The molecule has 0 saturated heterocycles. The molecule has 0 aromatic heterocycles. The Hall–Kier alpha value is 0.0112. The molecule has 0 unspecified atom stereocenters. The Morgan fingerprint density at radius 2 is 1.43 bits per heavy atom. The molecule has 0 radical (unpaired) electrons. The maximum absolute atomic E-state index is 6.91. The van der Waals surface area contributed by atoms with Crippen LogP contribution in [0.5, 0.6) is 5.75 Å². The number of hydrogen-bond acceptors (Lipinski definition) is 1. The van der Waals surface area contributed by atoms with E-state index in [1.54, 1.807) is 3.88 Å². The van der Waals surface area contributed by atoms with Crippen LogP contribution in [0.1, 0.15) is 69.9 Å². The molecule has 0 N–H and O–H groups in total. The number of unbranched alkanes of at least 4 members (excludes halogenated alkanes) is 4. The summed E-state index contributed by atoms with van der Waals surface area (Å²) in [5.41, 5.74) is 2.95. The topological polar surface area (TPSA) is 9.23 Å². The number of allylic oxidation sites excluding steroid dienone is 4. The van der Waals surface area contributed by atoms with Crippen LogP contribution >= 0.6 is 24.8 Å². The van der Waals surface area contributed by atoms with Crippen LogP contribution < -0.4 is 3.32 Å². The second-order valence-corrected chi connectivity index (χ2v) is 31.9. The maximum Gasteiger partial charge on any atom is -0.147 e. The molecule has 1 aromatic carbocycles. The number of benzene rings is 1. The molecule has 0 heterocycles. The first-order valence-corrected chi connectivity index (χ1v) is 21.0. The van der Waals surface area contributed by atoms with Gasteiger partial charge in [0, 0.05) is 0 Å². The third-order valence-corrected chi connectivity index (χ3v) is 14.5. The Kier molecular flexibility index (Phi) is 12.7. The summed E-state index contributed by atoms with van der Waals surface area (Å²) in [6.45, 7) is 4.56. The van der Waals surface area contributed by atoms with Crippen molar-refractivity contribution < 1.29 is 18.3 Å². The molecule has 0 aliphatic heterocycles. The minimum Gasteiger partial charge on any atom is -0.147 e. The van der Waals surface area contributed by atoms with E-state index in [1.807, 2.05) is 0 Å². The average molecular weight is 480 g/mol. The molecule has 2 rings (SSSR count). The second kappa shape index (κ2) is 12.6. The van der Waals surface area contributed by atoms with E-state index in [2.05, 4.69) is 60.7 Å². The van der Waals surface area contributed by atoms with Gasteiger partial charge in [-0.25, -0.2) is 0 Å². The van der Waals surface area contributed by atoms with E-state index >= 15 is 0 Å². The predicted molar refractivity (Wildman–Crippen MR) is 132 cm³/mol. The normalized spacial score (nSPS) is 14.6. The summed E-state index contributed by atoms with van der Waals surface area (Å²) in [5.74, 6) is 1.15. The summed E-state index contributed by atoms with van der Waals surface area (Å²) in [5, 5.41) is 4.92. The monoisotopic (exact) mass is 479 g/mol. The van der Waals surface area contributed by atoms with Crippen LogP contribution in [0.3, 0.4) is 0 Å². The molecule has 161 valence electrons. The van der Waals surface area contributed by atoms with E-state index in [1.165, 1.54) is 62.5 Å². The van der Waals surface area contributed by atoms with Gasteiger partial charge in [0.15, 0.2) is 0 Å². The summed E-state index contributed by atoms with van der Waals surface area (Å²) < 4.78 is 8.51. The molecule has 0 saturated carbocycles. The van der Waals surface area contributed by atoms with Gasteiger partial charge >= 0.3 is 166 Å². The van der Waals surface area contributed by atoms with Crippen molar-refractivity contribution in [2.24, 2.45) is 0 Å². The van der Waals surface area contributed by atoms with Gasteiger partial charge in [-0.2, -0.15) is 0 Å². The van der Waals surface area contributed by atoms with Crippen molar-refractivity contribution in [3.63, 3.8) is 0 Å². The quantitative estimate of drug-likeness (QED) is 0.240. The summed E-state index contributed by atoms with van der Waals surface area (Å²) >= 11 is -2.94. The minimum atomic E-state index is -2.94. The fraction of sp³-hybridized carbons (Fsp3) is 0.565. The van der Waals surface area contributed by atoms with Gasteiger partial charge in [-0.05, 0) is 0 Å². The van der Waals surface area contributed by atoms with Gasteiger partial charge in [0.05, 0.1) is 0 Å². The Morgan fingerprint density at radius 1 is 0.893 bits per heavy atom. The molecular formula is C23H41Cl2OSiTi. The molecule has 1 aliphatic rings. The zero-order valence-electron chi connectivity index (χ0n) is 18.6. The molecule has 1 nitrogen and oxygen atoms in total. The molecule has 0 spiro atoms. The van der Waals surface area contributed by atoms with E-state index in [-0.39, 0.29) is 24.8 Å². The molecule has 0 fully saturated rings. The Balaban J connectivity index is 0.00000364. The Bertz CT molecular complexity index is 634. The zero-order chi connectivity index (χ0) is 19.1. The molecule has 0 atom stereocenters. The van der Waals surface area contributed by atoms with E-state index in [0.717, 1.165) is 20.3 Å². The maximum atomic E-state index is 6.91. The average Bonchev–Trinajstić information content (AvgIpc) is 3.10. The summed E-state index contributed by atoms with van der Waals surface area (Å²) in [7, 11) is 1.15. The number of aryl methyl sites for hydroxylation is 2. The van der Waals surface area contributed by atoms with Gasteiger partial charge in [0.1, 0.15) is 0 Å². The van der Waals surface area contributed by atoms with Crippen molar-refractivity contribution >= 4 is 32.9 Å². The van der Waals surface area contributed by atoms with Crippen molar-refractivity contribution in [3.8, 4) is 5.75 Å². The van der Waals surface area contributed by atoms with E-state index in [0.29, 0.717) is 0 Å². The zero-order valence-corrected chi connectivity index (χ0v) is 23.7. The van der Waals surface area contributed by atoms with Crippen LogP contribution in [0, 0.1) is 0 Å². The predicted octanol–water partition coefficient (Wildman–Crippen LogP) is 7.20. The Morgan fingerprint density at radius 3 is 1.86 bits per heavy atom. The van der Waals surface area contributed by atoms with Gasteiger partial charge < -0.3 is 0 Å². The van der Waals surface area contributed by atoms with Gasteiger partial charge in [-0.15, -0.1) is 24.8 Å². The molecule has 1 aliphatic carbocycles. The summed E-state index contributed by atoms with van der Waals surface area (Å²) in [6.07, 6.45) is 18.1. The van der Waals surface area contributed by atoms with Crippen LogP contribution in [-0.2, 0) is 27.8 Å². The number of hydrogen-bond donors (Lipinski definition) is 0. The second-order valence-electron chi connectivity index (χ2n) is 9.29. The standard InChI is InChI=1S/C16H26O.C5H5.2CH3.2ClH.H3Si.Ti/c1-3-5-7-9-14-11-15(10-8-6-4-2)13-16(17)12-14;1-2-4-5-3-1;;;;;;/h11-13,17H,3-10H2,1-2H3;1-3H,4H2;2*1H3;2*1H;1H3;/q;;;;;;;+1/p-1. The third kappa shape index (κ3) is 8.80. The molecule has 1 aromatic rings. The summed E-state index contributed by atoms with van der Waals surface area (Å²) in [4.78, 5) is 0.